The van der Waals surface area contributed by atoms with Crippen LogP contribution in [0, 0.1) is 0 Å². The van der Waals surface area contributed by atoms with Gasteiger partial charge in [0.25, 0.3) is 0 Å². The fourth-order valence-electron chi connectivity index (χ4n) is 1.85. The summed E-state index contributed by atoms with van der Waals surface area (Å²) in [6.07, 6.45) is 0. The molecule has 4 heteroatoms. The number of benzene rings is 1. The molecule has 1 aromatic carbocycles. The van der Waals surface area contributed by atoms with Crippen molar-refractivity contribution < 1.29 is 14.6 Å². The molecule has 0 aliphatic carbocycles. The summed E-state index contributed by atoms with van der Waals surface area (Å²) in [5.41, 5.74) is 1.57. The molecule has 0 bridgehead atoms. The van der Waals surface area contributed by atoms with Crippen LogP contribution in [-0.2, 0) is 12.0 Å². The summed E-state index contributed by atoms with van der Waals surface area (Å²) in [4.78, 5) is 4.53. The maximum absolute atomic E-state index is 9.39. The lowest BCUT2D eigenvalue weighted by Crippen LogP contribution is -2.14. The Balaban J connectivity index is 2.29. The smallest absolute Gasteiger partial charge is 0.219 e. The first-order chi connectivity index (χ1) is 9.92. The molecule has 0 aliphatic rings. The number of pyridine rings is 1. The van der Waals surface area contributed by atoms with Gasteiger partial charge in [-0.3, -0.25) is 0 Å². The SMILES string of the molecule is COc1ccc(Oc2cc(CO)cc(C(C)(C)C)n2)cc1. The van der Waals surface area contributed by atoms with Gasteiger partial charge in [0.1, 0.15) is 11.5 Å². The van der Waals surface area contributed by atoms with Crippen LogP contribution in [0.5, 0.6) is 17.4 Å². The molecular weight excluding hydrogens is 266 g/mol. The zero-order chi connectivity index (χ0) is 15.5. The second kappa shape index (κ2) is 6.14. The third-order valence-electron chi connectivity index (χ3n) is 3.09. The number of ether oxygens (including phenoxy) is 2. The Kier molecular flexibility index (Phi) is 4.48. The number of hydrogen-bond acceptors (Lipinski definition) is 4. The average Bonchev–Trinajstić information content (AvgIpc) is 2.46. The Hall–Kier alpha value is -2.07. The molecule has 0 amide bonds. The van der Waals surface area contributed by atoms with E-state index in [4.69, 9.17) is 9.47 Å². The third-order valence-corrected chi connectivity index (χ3v) is 3.09. The molecule has 0 radical (unpaired) electrons. The predicted octanol–water partition coefficient (Wildman–Crippen LogP) is 3.67. The van der Waals surface area contributed by atoms with Crippen LogP contribution in [0.4, 0.5) is 0 Å². The summed E-state index contributed by atoms with van der Waals surface area (Å²) in [7, 11) is 1.62. The van der Waals surface area contributed by atoms with Crippen LogP contribution in [0.3, 0.4) is 0 Å². The lowest BCUT2D eigenvalue weighted by atomic mass is 9.91. The Morgan fingerprint density at radius 3 is 2.19 bits per heavy atom. The number of aliphatic hydroxyl groups excluding tert-OH is 1. The van der Waals surface area contributed by atoms with Gasteiger partial charge in [0.2, 0.25) is 5.88 Å². The van der Waals surface area contributed by atoms with E-state index in [2.05, 4.69) is 25.8 Å². The first kappa shape index (κ1) is 15.3. The number of aliphatic hydroxyl groups is 1. The second-order valence-electron chi connectivity index (χ2n) is 5.88. The molecule has 0 unspecified atom stereocenters. The van der Waals surface area contributed by atoms with Gasteiger partial charge in [0.15, 0.2) is 0 Å². The summed E-state index contributed by atoms with van der Waals surface area (Å²) in [5, 5.41) is 9.39. The number of hydrogen-bond donors (Lipinski definition) is 1. The van der Waals surface area contributed by atoms with E-state index in [-0.39, 0.29) is 12.0 Å². The maximum atomic E-state index is 9.39. The molecule has 21 heavy (non-hydrogen) atoms. The first-order valence-electron chi connectivity index (χ1n) is 6.86. The van der Waals surface area contributed by atoms with Crippen molar-refractivity contribution in [3.8, 4) is 17.4 Å². The lowest BCUT2D eigenvalue weighted by molar-refractivity contribution is 0.280. The van der Waals surface area contributed by atoms with Crippen LogP contribution in [0.15, 0.2) is 36.4 Å². The van der Waals surface area contributed by atoms with Crippen molar-refractivity contribution in [2.45, 2.75) is 32.8 Å². The molecular formula is C17H21NO3. The minimum Gasteiger partial charge on any atom is -0.497 e. The number of rotatable bonds is 4. The van der Waals surface area contributed by atoms with Gasteiger partial charge in [0, 0.05) is 11.5 Å². The third kappa shape index (κ3) is 3.95. The highest BCUT2D eigenvalue weighted by molar-refractivity contribution is 5.35. The van der Waals surface area contributed by atoms with Crippen molar-refractivity contribution in [1.29, 1.82) is 0 Å². The van der Waals surface area contributed by atoms with Gasteiger partial charge in [-0.25, -0.2) is 4.98 Å². The Morgan fingerprint density at radius 1 is 1.05 bits per heavy atom. The standard InChI is InChI=1S/C17H21NO3/c1-17(2,3)15-9-12(11-19)10-16(18-15)21-14-7-5-13(20-4)6-8-14/h5-10,19H,11H2,1-4H3. The van der Waals surface area contributed by atoms with E-state index < -0.39 is 0 Å². The van der Waals surface area contributed by atoms with Gasteiger partial charge in [-0.05, 0) is 35.9 Å². The van der Waals surface area contributed by atoms with Crippen LogP contribution in [-0.4, -0.2) is 17.2 Å². The molecule has 0 saturated heterocycles. The zero-order valence-electron chi connectivity index (χ0n) is 12.9. The molecule has 0 fully saturated rings. The molecule has 0 saturated carbocycles. The minimum absolute atomic E-state index is 0.0371. The van der Waals surface area contributed by atoms with Crippen molar-refractivity contribution in [1.82, 2.24) is 4.98 Å². The molecule has 112 valence electrons. The van der Waals surface area contributed by atoms with Crippen LogP contribution < -0.4 is 9.47 Å². The highest BCUT2D eigenvalue weighted by Gasteiger charge is 2.17. The largest absolute Gasteiger partial charge is 0.497 e. The van der Waals surface area contributed by atoms with Crippen molar-refractivity contribution in [2.24, 2.45) is 0 Å². The van der Waals surface area contributed by atoms with Gasteiger partial charge in [-0.1, -0.05) is 20.8 Å². The summed E-state index contributed by atoms with van der Waals surface area (Å²) < 4.78 is 10.9. The molecule has 1 N–H and O–H groups in total. The Morgan fingerprint density at radius 2 is 1.67 bits per heavy atom. The van der Waals surface area contributed by atoms with Gasteiger partial charge in [0.05, 0.1) is 19.4 Å². The predicted molar refractivity (Wildman–Crippen MR) is 81.9 cm³/mol. The van der Waals surface area contributed by atoms with Crippen molar-refractivity contribution >= 4 is 0 Å². The molecule has 1 heterocycles. The number of methoxy groups -OCH3 is 1. The zero-order valence-corrected chi connectivity index (χ0v) is 12.9. The molecule has 0 atom stereocenters. The van der Waals surface area contributed by atoms with E-state index in [1.54, 1.807) is 13.2 Å². The monoisotopic (exact) mass is 287 g/mol. The average molecular weight is 287 g/mol. The fourth-order valence-corrected chi connectivity index (χ4v) is 1.85. The highest BCUT2D eigenvalue weighted by atomic mass is 16.5. The lowest BCUT2D eigenvalue weighted by Gasteiger charge is -2.19. The summed E-state index contributed by atoms with van der Waals surface area (Å²) in [6.45, 7) is 6.19. The summed E-state index contributed by atoms with van der Waals surface area (Å²) >= 11 is 0. The van der Waals surface area contributed by atoms with Crippen LogP contribution >= 0.6 is 0 Å². The minimum atomic E-state index is -0.108. The fraction of sp³-hybridized carbons (Fsp3) is 0.353. The van der Waals surface area contributed by atoms with Crippen molar-refractivity contribution in [2.75, 3.05) is 7.11 Å². The molecule has 4 nitrogen and oxygen atoms in total. The van der Waals surface area contributed by atoms with E-state index in [9.17, 15) is 5.11 Å². The molecule has 1 aromatic heterocycles. The maximum Gasteiger partial charge on any atom is 0.219 e. The summed E-state index contributed by atoms with van der Waals surface area (Å²) in [5.74, 6) is 1.93. The Labute approximate surface area is 125 Å². The second-order valence-corrected chi connectivity index (χ2v) is 5.88. The van der Waals surface area contributed by atoms with Gasteiger partial charge in [-0.2, -0.15) is 0 Å². The molecule has 2 rings (SSSR count). The van der Waals surface area contributed by atoms with Gasteiger partial charge >= 0.3 is 0 Å². The highest BCUT2D eigenvalue weighted by Crippen LogP contribution is 2.27. The molecule has 0 aliphatic heterocycles. The van der Waals surface area contributed by atoms with Gasteiger partial charge < -0.3 is 14.6 Å². The van der Waals surface area contributed by atoms with E-state index in [1.165, 1.54) is 0 Å². The van der Waals surface area contributed by atoms with E-state index in [1.807, 2.05) is 30.3 Å². The van der Waals surface area contributed by atoms with Crippen LogP contribution in [0.25, 0.3) is 0 Å². The molecule has 2 aromatic rings. The van der Waals surface area contributed by atoms with Gasteiger partial charge in [-0.15, -0.1) is 0 Å². The number of aromatic nitrogens is 1. The van der Waals surface area contributed by atoms with Crippen molar-refractivity contribution in [3.05, 3.63) is 47.7 Å². The van der Waals surface area contributed by atoms with E-state index in [0.717, 1.165) is 17.0 Å². The first-order valence-corrected chi connectivity index (χ1v) is 6.86. The molecule has 0 spiro atoms. The normalized spacial score (nSPS) is 11.3. The summed E-state index contributed by atoms with van der Waals surface area (Å²) in [6, 6.07) is 11.0. The topological polar surface area (TPSA) is 51.6 Å². The van der Waals surface area contributed by atoms with Crippen molar-refractivity contribution in [3.63, 3.8) is 0 Å². The van der Waals surface area contributed by atoms with E-state index in [0.29, 0.717) is 11.6 Å². The van der Waals surface area contributed by atoms with E-state index >= 15 is 0 Å². The quantitative estimate of drug-likeness (QED) is 0.932. The van der Waals surface area contributed by atoms with Crippen LogP contribution in [0.1, 0.15) is 32.0 Å². The number of nitrogens with zero attached hydrogens (tertiary/aromatic N) is 1. The van der Waals surface area contributed by atoms with Crippen LogP contribution in [0.2, 0.25) is 0 Å². The Bertz CT molecular complexity index is 600.